The molecule has 0 radical (unpaired) electrons. The van der Waals surface area contributed by atoms with Crippen LogP contribution in [-0.2, 0) is 0 Å². The minimum Gasteiger partial charge on any atom is -0.490 e. The lowest BCUT2D eigenvalue weighted by Crippen LogP contribution is -2.37. The maximum Gasteiger partial charge on any atom is 0.321 e. The molecule has 0 aromatic heterocycles. The van der Waals surface area contributed by atoms with Gasteiger partial charge in [0.2, 0.25) is 0 Å². The third-order valence-corrected chi connectivity index (χ3v) is 4.26. The summed E-state index contributed by atoms with van der Waals surface area (Å²) in [7, 11) is 0. The second-order valence-corrected chi connectivity index (χ2v) is 5.70. The standard InChI is InChI=1S/C18H17N3O3/c22-17(21-11-12-24-16-4-2-1-3-15(16)21)13-5-7-14(8-6-13)20-10-9-19-18(20)23/h1-8H,9-12H2,(H,19,23). The Hall–Kier alpha value is -3.02. The highest BCUT2D eigenvalue weighted by molar-refractivity contribution is 6.07. The van der Waals surface area contributed by atoms with Crippen LogP contribution in [0.15, 0.2) is 48.5 Å². The molecule has 2 aromatic rings. The van der Waals surface area contributed by atoms with Crippen LogP contribution in [0.3, 0.4) is 0 Å². The number of benzene rings is 2. The topological polar surface area (TPSA) is 61.9 Å². The number of anilines is 2. The van der Waals surface area contributed by atoms with Crippen molar-refractivity contribution in [3.63, 3.8) is 0 Å². The zero-order valence-electron chi connectivity index (χ0n) is 13.1. The molecule has 0 saturated carbocycles. The number of hydrogen-bond acceptors (Lipinski definition) is 3. The van der Waals surface area contributed by atoms with Crippen LogP contribution in [0.5, 0.6) is 5.75 Å². The molecular formula is C18H17N3O3. The van der Waals surface area contributed by atoms with Crippen LogP contribution >= 0.6 is 0 Å². The first kappa shape index (κ1) is 14.6. The fourth-order valence-electron chi connectivity index (χ4n) is 3.04. The van der Waals surface area contributed by atoms with E-state index in [1.54, 1.807) is 21.9 Å². The lowest BCUT2D eigenvalue weighted by atomic mass is 10.1. The molecule has 4 rings (SSSR count). The van der Waals surface area contributed by atoms with E-state index in [2.05, 4.69) is 5.32 Å². The van der Waals surface area contributed by atoms with E-state index in [1.165, 1.54) is 0 Å². The number of nitrogens with zero attached hydrogens (tertiary/aromatic N) is 2. The van der Waals surface area contributed by atoms with Crippen LogP contribution in [0.25, 0.3) is 0 Å². The normalized spacial score (nSPS) is 16.4. The van der Waals surface area contributed by atoms with E-state index in [-0.39, 0.29) is 11.9 Å². The van der Waals surface area contributed by atoms with Crippen molar-refractivity contribution in [1.29, 1.82) is 0 Å². The van der Waals surface area contributed by atoms with Gasteiger partial charge in [-0.2, -0.15) is 0 Å². The molecular weight excluding hydrogens is 306 g/mol. The third-order valence-electron chi connectivity index (χ3n) is 4.26. The molecule has 2 aliphatic rings. The van der Waals surface area contributed by atoms with Crippen LogP contribution in [0, 0.1) is 0 Å². The number of amides is 3. The summed E-state index contributed by atoms with van der Waals surface area (Å²) in [5.74, 6) is 0.658. The number of nitrogens with one attached hydrogen (secondary N) is 1. The second kappa shape index (κ2) is 5.88. The highest BCUT2D eigenvalue weighted by Gasteiger charge is 2.25. The van der Waals surface area contributed by atoms with Crippen LogP contribution in [0.1, 0.15) is 10.4 Å². The molecule has 1 fully saturated rings. The summed E-state index contributed by atoms with van der Waals surface area (Å²) in [5.41, 5.74) is 2.18. The van der Waals surface area contributed by atoms with Crippen molar-refractivity contribution in [2.24, 2.45) is 0 Å². The van der Waals surface area contributed by atoms with Gasteiger partial charge in [-0.05, 0) is 36.4 Å². The predicted molar refractivity (Wildman–Crippen MR) is 90.8 cm³/mol. The molecule has 2 aromatic carbocycles. The SMILES string of the molecule is O=C1NCCN1c1ccc(C(=O)N2CCOc3ccccc32)cc1. The van der Waals surface area contributed by atoms with Gasteiger partial charge in [-0.1, -0.05) is 12.1 Å². The van der Waals surface area contributed by atoms with Crippen molar-refractivity contribution >= 4 is 23.3 Å². The summed E-state index contributed by atoms with van der Waals surface area (Å²) < 4.78 is 5.59. The molecule has 0 spiro atoms. The Morgan fingerprint density at radius 3 is 2.58 bits per heavy atom. The summed E-state index contributed by atoms with van der Waals surface area (Å²) in [5, 5.41) is 2.77. The highest BCUT2D eigenvalue weighted by Crippen LogP contribution is 2.32. The van der Waals surface area contributed by atoms with Gasteiger partial charge in [0.15, 0.2) is 0 Å². The molecule has 2 aliphatic heterocycles. The van der Waals surface area contributed by atoms with Crippen molar-refractivity contribution in [3.8, 4) is 5.75 Å². The van der Waals surface area contributed by atoms with Gasteiger partial charge in [0.25, 0.3) is 5.91 Å². The lowest BCUT2D eigenvalue weighted by Gasteiger charge is -2.29. The fraction of sp³-hybridized carbons (Fsp3) is 0.222. The van der Waals surface area contributed by atoms with Crippen molar-refractivity contribution in [3.05, 3.63) is 54.1 Å². The van der Waals surface area contributed by atoms with Crippen molar-refractivity contribution < 1.29 is 14.3 Å². The molecule has 1 saturated heterocycles. The van der Waals surface area contributed by atoms with Gasteiger partial charge in [-0.3, -0.25) is 9.69 Å². The molecule has 122 valence electrons. The number of urea groups is 1. The zero-order valence-corrected chi connectivity index (χ0v) is 13.1. The molecule has 6 nitrogen and oxygen atoms in total. The Morgan fingerprint density at radius 1 is 1.04 bits per heavy atom. The quantitative estimate of drug-likeness (QED) is 0.922. The van der Waals surface area contributed by atoms with Gasteiger partial charge < -0.3 is 15.0 Å². The Morgan fingerprint density at radius 2 is 1.83 bits per heavy atom. The first-order valence-corrected chi connectivity index (χ1v) is 7.93. The van der Waals surface area contributed by atoms with E-state index < -0.39 is 0 Å². The first-order chi connectivity index (χ1) is 11.7. The summed E-state index contributed by atoms with van der Waals surface area (Å²) >= 11 is 0. The van der Waals surface area contributed by atoms with Crippen molar-refractivity contribution in [1.82, 2.24) is 5.32 Å². The van der Waals surface area contributed by atoms with Gasteiger partial charge in [0.1, 0.15) is 12.4 Å². The second-order valence-electron chi connectivity index (χ2n) is 5.70. The van der Waals surface area contributed by atoms with Gasteiger partial charge in [0, 0.05) is 24.3 Å². The largest absolute Gasteiger partial charge is 0.490 e. The summed E-state index contributed by atoms with van der Waals surface area (Å²) in [4.78, 5) is 27.9. The minimum atomic E-state index is -0.101. The summed E-state index contributed by atoms with van der Waals surface area (Å²) in [6.45, 7) is 2.29. The van der Waals surface area contributed by atoms with Gasteiger partial charge >= 0.3 is 6.03 Å². The van der Waals surface area contributed by atoms with Crippen molar-refractivity contribution in [2.45, 2.75) is 0 Å². The summed E-state index contributed by atoms with van der Waals surface area (Å²) in [6.07, 6.45) is 0. The number of hydrogen-bond donors (Lipinski definition) is 1. The van der Waals surface area contributed by atoms with Crippen LogP contribution in [0.2, 0.25) is 0 Å². The van der Waals surface area contributed by atoms with E-state index in [0.29, 0.717) is 31.8 Å². The van der Waals surface area contributed by atoms with Gasteiger partial charge in [0.05, 0.1) is 12.2 Å². The van der Waals surface area contributed by atoms with Gasteiger partial charge in [-0.25, -0.2) is 4.79 Å². The average Bonchev–Trinajstić information content (AvgIpc) is 3.07. The highest BCUT2D eigenvalue weighted by atomic mass is 16.5. The van der Waals surface area contributed by atoms with Crippen molar-refractivity contribution in [2.75, 3.05) is 36.0 Å². The maximum atomic E-state index is 12.8. The Balaban J connectivity index is 1.58. The summed E-state index contributed by atoms with van der Waals surface area (Å²) in [6, 6.07) is 14.6. The molecule has 3 amide bonds. The van der Waals surface area contributed by atoms with E-state index in [0.717, 1.165) is 17.1 Å². The smallest absolute Gasteiger partial charge is 0.321 e. The molecule has 0 atom stereocenters. The molecule has 0 aliphatic carbocycles. The average molecular weight is 323 g/mol. The maximum absolute atomic E-state index is 12.8. The third kappa shape index (κ3) is 2.46. The monoisotopic (exact) mass is 323 g/mol. The van der Waals surface area contributed by atoms with E-state index in [4.69, 9.17) is 4.74 Å². The lowest BCUT2D eigenvalue weighted by molar-refractivity contribution is 0.0976. The first-order valence-electron chi connectivity index (χ1n) is 7.93. The molecule has 1 N–H and O–H groups in total. The number of rotatable bonds is 2. The number of carbonyl (C=O) groups is 2. The molecule has 2 heterocycles. The Kier molecular flexibility index (Phi) is 3.57. The minimum absolute atomic E-state index is 0.0665. The van der Waals surface area contributed by atoms with Crippen LogP contribution in [0.4, 0.5) is 16.2 Å². The number of carbonyl (C=O) groups excluding carboxylic acids is 2. The van der Waals surface area contributed by atoms with Crippen LogP contribution in [-0.4, -0.2) is 38.2 Å². The zero-order chi connectivity index (χ0) is 16.5. The Bertz CT molecular complexity index is 788. The van der Waals surface area contributed by atoms with E-state index in [1.807, 2.05) is 36.4 Å². The van der Waals surface area contributed by atoms with Crippen LogP contribution < -0.4 is 19.9 Å². The van der Waals surface area contributed by atoms with E-state index >= 15 is 0 Å². The number of fused-ring (bicyclic) bond motifs is 1. The Labute approximate surface area is 139 Å². The van der Waals surface area contributed by atoms with Gasteiger partial charge in [-0.15, -0.1) is 0 Å². The molecule has 0 unspecified atom stereocenters. The molecule has 6 heteroatoms. The van der Waals surface area contributed by atoms with E-state index in [9.17, 15) is 9.59 Å². The predicted octanol–water partition coefficient (Wildman–Crippen LogP) is 2.26. The molecule has 24 heavy (non-hydrogen) atoms. The molecule has 0 bridgehead atoms. The fourth-order valence-corrected chi connectivity index (χ4v) is 3.04. The number of para-hydroxylation sites is 2. The number of ether oxygens (including phenoxy) is 1.